The van der Waals surface area contributed by atoms with E-state index in [0.29, 0.717) is 5.56 Å². The second-order valence-corrected chi connectivity index (χ2v) is 6.68. The molecule has 0 bridgehead atoms. The van der Waals surface area contributed by atoms with Crippen molar-refractivity contribution in [3.63, 3.8) is 0 Å². The van der Waals surface area contributed by atoms with E-state index in [4.69, 9.17) is 0 Å². The molecule has 1 aromatic rings. The van der Waals surface area contributed by atoms with Crippen molar-refractivity contribution in [3.8, 4) is 0 Å². The third kappa shape index (κ3) is 2.90. The van der Waals surface area contributed by atoms with Crippen molar-refractivity contribution in [1.29, 1.82) is 0 Å². The van der Waals surface area contributed by atoms with Crippen molar-refractivity contribution in [2.24, 2.45) is 0 Å². The van der Waals surface area contributed by atoms with Crippen molar-refractivity contribution in [3.05, 3.63) is 35.4 Å². The molecule has 1 aromatic carbocycles. The van der Waals surface area contributed by atoms with Crippen LogP contribution in [-0.2, 0) is 11.7 Å². The lowest BCUT2D eigenvalue weighted by Gasteiger charge is -2.49. The van der Waals surface area contributed by atoms with Gasteiger partial charge >= 0.3 is 6.18 Å². The molecule has 22 heavy (non-hydrogen) atoms. The second kappa shape index (κ2) is 6.23. The Hall–Kier alpha value is -1.03. The van der Waals surface area contributed by atoms with Crippen LogP contribution in [0.5, 0.6) is 0 Å². The lowest BCUT2D eigenvalue weighted by molar-refractivity contribution is -0.140. The molecular formula is C18H24F3N. The summed E-state index contributed by atoms with van der Waals surface area (Å²) < 4.78 is 40.6. The van der Waals surface area contributed by atoms with E-state index in [1.165, 1.54) is 18.6 Å². The monoisotopic (exact) mass is 311 g/mol. The zero-order valence-corrected chi connectivity index (χ0v) is 13.0. The van der Waals surface area contributed by atoms with Gasteiger partial charge in [-0.3, -0.25) is 4.90 Å². The van der Waals surface area contributed by atoms with Crippen molar-refractivity contribution in [2.75, 3.05) is 13.1 Å². The van der Waals surface area contributed by atoms with Gasteiger partial charge in [-0.2, -0.15) is 13.2 Å². The standard InChI is InChI=1S/C18H24F3N/c19-18(20,21)16-10-4-3-9-15(16)17(11-5-1-6-12-17)22-13-7-2-8-14-22/h3-4,9-10H,1-2,5-8,11-14H2. The molecule has 1 nitrogen and oxygen atoms in total. The number of hydrogen-bond acceptors (Lipinski definition) is 1. The molecule has 2 aliphatic rings. The van der Waals surface area contributed by atoms with Crippen LogP contribution in [0.1, 0.15) is 62.5 Å². The molecule has 0 spiro atoms. The van der Waals surface area contributed by atoms with Crippen LogP contribution in [0, 0.1) is 0 Å². The number of hydrogen-bond donors (Lipinski definition) is 0. The second-order valence-electron chi connectivity index (χ2n) is 6.68. The highest BCUT2D eigenvalue weighted by atomic mass is 19.4. The van der Waals surface area contributed by atoms with Crippen LogP contribution in [0.2, 0.25) is 0 Å². The van der Waals surface area contributed by atoms with Gasteiger partial charge in [0.25, 0.3) is 0 Å². The molecule has 0 aromatic heterocycles. The summed E-state index contributed by atoms with van der Waals surface area (Å²) in [6.45, 7) is 1.87. The van der Waals surface area contributed by atoms with Gasteiger partial charge in [-0.05, 0) is 50.4 Å². The Kier molecular flexibility index (Phi) is 4.49. The van der Waals surface area contributed by atoms with Gasteiger partial charge in [0.1, 0.15) is 0 Å². The molecule has 1 aliphatic heterocycles. The first-order valence-corrected chi connectivity index (χ1v) is 8.46. The quantitative estimate of drug-likeness (QED) is 0.711. The van der Waals surface area contributed by atoms with Crippen LogP contribution in [0.4, 0.5) is 13.2 Å². The van der Waals surface area contributed by atoms with E-state index in [0.717, 1.165) is 58.0 Å². The fourth-order valence-corrected chi connectivity index (χ4v) is 4.35. The van der Waals surface area contributed by atoms with Crippen molar-refractivity contribution in [2.45, 2.75) is 63.1 Å². The molecule has 0 radical (unpaired) electrons. The maximum Gasteiger partial charge on any atom is 0.416 e. The Morgan fingerprint density at radius 1 is 0.818 bits per heavy atom. The van der Waals surface area contributed by atoms with E-state index in [-0.39, 0.29) is 0 Å². The summed E-state index contributed by atoms with van der Waals surface area (Å²) in [6.07, 6.45) is 4.07. The van der Waals surface area contributed by atoms with Gasteiger partial charge in [0.2, 0.25) is 0 Å². The topological polar surface area (TPSA) is 3.24 Å². The van der Waals surface area contributed by atoms with Gasteiger partial charge in [-0.1, -0.05) is 43.9 Å². The third-order valence-electron chi connectivity index (χ3n) is 5.38. The number of nitrogens with zero attached hydrogens (tertiary/aromatic N) is 1. The van der Waals surface area contributed by atoms with Crippen LogP contribution >= 0.6 is 0 Å². The molecule has 122 valence electrons. The van der Waals surface area contributed by atoms with Gasteiger partial charge < -0.3 is 0 Å². The SMILES string of the molecule is FC(F)(F)c1ccccc1C1(N2CCCCC2)CCCCC1. The zero-order chi connectivity index (χ0) is 15.6. The van der Waals surface area contributed by atoms with Gasteiger partial charge in [0.05, 0.1) is 5.56 Å². The molecule has 2 fully saturated rings. The maximum atomic E-state index is 13.5. The smallest absolute Gasteiger partial charge is 0.294 e. The first kappa shape index (κ1) is 15.9. The Morgan fingerprint density at radius 3 is 2.05 bits per heavy atom. The minimum atomic E-state index is -4.27. The summed E-state index contributed by atoms with van der Waals surface area (Å²) in [5.41, 5.74) is -0.309. The van der Waals surface area contributed by atoms with Gasteiger partial charge in [0.15, 0.2) is 0 Å². The zero-order valence-electron chi connectivity index (χ0n) is 13.0. The van der Waals surface area contributed by atoms with Gasteiger partial charge in [0, 0.05) is 5.54 Å². The van der Waals surface area contributed by atoms with E-state index in [2.05, 4.69) is 4.90 Å². The highest BCUT2D eigenvalue weighted by Gasteiger charge is 2.45. The molecule has 4 heteroatoms. The summed E-state index contributed by atoms with van der Waals surface area (Å²) in [4.78, 5) is 2.36. The van der Waals surface area contributed by atoms with E-state index < -0.39 is 17.3 Å². The Balaban J connectivity index is 2.06. The predicted octanol–water partition coefficient (Wildman–Crippen LogP) is 5.35. The molecule has 1 heterocycles. The van der Waals surface area contributed by atoms with Crippen LogP contribution < -0.4 is 0 Å². The Labute approximate surface area is 130 Å². The minimum Gasteiger partial charge on any atom is -0.294 e. The lowest BCUT2D eigenvalue weighted by atomic mass is 9.73. The highest BCUT2D eigenvalue weighted by molar-refractivity contribution is 5.36. The fourth-order valence-electron chi connectivity index (χ4n) is 4.35. The lowest BCUT2D eigenvalue weighted by Crippen LogP contribution is -2.50. The average Bonchev–Trinajstić information content (AvgIpc) is 2.55. The summed E-state index contributed by atoms with van der Waals surface area (Å²) in [5.74, 6) is 0. The van der Waals surface area contributed by atoms with Gasteiger partial charge in [-0.25, -0.2) is 0 Å². The summed E-state index contributed by atoms with van der Waals surface area (Å²) >= 11 is 0. The molecule has 1 saturated heterocycles. The molecule has 0 amide bonds. The summed E-state index contributed by atoms with van der Waals surface area (Å²) in [5, 5.41) is 0. The fraction of sp³-hybridized carbons (Fsp3) is 0.667. The van der Waals surface area contributed by atoms with Crippen molar-refractivity contribution in [1.82, 2.24) is 4.90 Å². The van der Waals surface area contributed by atoms with Gasteiger partial charge in [-0.15, -0.1) is 0 Å². The number of halogens is 3. The number of likely N-dealkylation sites (tertiary alicyclic amines) is 1. The summed E-state index contributed by atoms with van der Waals surface area (Å²) in [7, 11) is 0. The number of piperidine rings is 1. The first-order valence-electron chi connectivity index (χ1n) is 8.46. The number of benzene rings is 1. The van der Waals surface area contributed by atoms with Crippen LogP contribution in [0.15, 0.2) is 24.3 Å². The number of rotatable bonds is 2. The highest BCUT2D eigenvalue weighted by Crippen LogP contribution is 2.47. The maximum absolute atomic E-state index is 13.5. The molecule has 0 atom stereocenters. The molecule has 1 saturated carbocycles. The van der Waals surface area contributed by atoms with Crippen molar-refractivity contribution >= 4 is 0 Å². The molecule has 1 aliphatic carbocycles. The molecular weight excluding hydrogens is 287 g/mol. The van der Waals surface area contributed by atoms with Crippen LogP contribution in [0.3, 0.4) is 0 Å². The van der Waals surface area contributed by atoms with E-state index in [9.17, 15) is 13.2 Å². The molecule has 0 N–H and O–H groups in total. The van der Waals surface area contributed by atoms with Crippen molar-refractivity contribution < 1.29 is 13.2 Å². The number of alkyl halides is 3. The largest absolute Gasteiger partial charge is 0.416 e. The molecule has 3 rings (SSSR count). The predicted molar refractivity (Wildman–Crippen MR) is 81.6 cm³/mol. The summed E-state index contributed by atoms with van der Waals surface area (Å²) in [6, 6.07) is 6.27. The Morgan fingerprint density at radius 2 is 1.41 bits per heavy atom. The van der Waals surface area contributed by atoms with E-state index in [1.807, 2.05) is 0 Å². The minimum absolute atomic E-state index is 0.398. The Bertz CT molecular complexity index is 497. The normalized spacial score (nSPS) is 23.4. The first-order chi connectivity index (χ1) is 10.5. The molecule has 0 unspecified atom stereocenters. The third-order valence-corrected chi connectivity index (χ3v) is 5.38. The van der Waals surface area contributed by atoms with Crippen LogP contribution in [-0.4, -0.2) is 18.0 Å². The van der Waals surface area contributed by atoms with Crippen LogP contribution in [0.25, 0.3) is 0 Å². The van der Waals surface area contributed by atoms with E-state index in [1.54, 1.807) is 12.1 Å². The van der Waals surface area contributed by atoms with E-state index >= 15 is 0 Å². The average molecular weight is 311 g/mol.